The number of hydrogen-bond donors (Lipinski definition) is 1. The Morgan fingerprint density at radius 2 is 2.00 bits per heavy atom. The second kappa shape index (κ2) is 10.6. The first-order chi connectivity index (χ1) is 15.0. The van der Waals surface area contributed by atoms with E-state index in [9.17, 15) is 4.79 Å². The van der Waals surface area contributed by atoms with E-state index >= 15 is 0 Å². The van der Waals surface area contributed by atoms with Gasteiger partial charge < -0.3 is 15.0 Å². The SMILES string of the molecule is CNC(=O)/C(=N/OC)c1ccccc1CO/N=C(\C)C#Cc1ccc(Cl)cc1C1CC1. The van der Waals surface area contributed by atoms with Gasteiger partial charge in [0.15, 0.2) is 5.71 Å². The van der Waals surface area contributed by atoms with E-state index in [4.69, 9.17) is 21.3 Å². The first-order valence-electron chi connectivity index (χ1n) is 9.93. The number of oxime groups is 2. The Morgan fingerprint density at radius 1 is 1.23 bits per heavy atom. The van der Waals surface area contributed by atoms with E-state index in [0.29, 0.717) is 17.2 Å². The van der Waals surface area contributed by atoms with Gasteiger partial charge in [0, 0.05) is 28.8 Å². The number of halogens is 1. The average molecular weight is 438 g/mol. The summed E-state index contributed by atoms with van der Waals surface area (Å²) < 4.78 is 0. The van der Waals surface area contributed by atoms with Crippen molar-refractivity contribution in [2.45, 2.75) is 32.3 Å². The molecule has 0 aromatic heterocycles. The van der Waals surface area contributed by atoms with Gasteiger partial charge in [-0.05, 0) is 55.4 Å². The molecule has 1 fully saturated rings. The monoisotopic (exact) mass is 437 g/mol. The van der Waals surface area contributed by atoms with E-state index in [0.717, 1.165) is 16.1 Å². The molecule has 31 heavy (non-hydrogen) atoms. The molecule has 6 nitrogen and oxygen atoms in total. The number of benzene rings is 2. The maximum absolute atomic E-state index is 12.1. The van der Waals surface area contributed by atoms with Crippen LogP contribution in [-0.2, 0) is 21.1 Å². The summed E-state index contributed by atoms with van der Waals surface area (Å²) in [5.74, 6) is 6.41. The molecule has 0 unspecified atom stereocenters. The lowest BCUT2D eigenvalue weighted by Gasteiger charge is -2.09. The van der Waals surface area contributed by atoms with Crippen LogP contribution in [0.3, 0.4) is 0 Å². The minimum Gasteiger partial charge on any atom is -0.398 e. The van der Waals surface area contributed by atoms with E-state index in [1.165, 1.54) is 32.6 Å². The third-order valence-corrected chi connectivity index (χ3v) is 4.96. The van der Waals surface area contributed by atoms with Gasteiger partial charge >= 0.3 is 0 Å². The summed E-state index contributed by atoms with van der Waals surface area (Å²) in [6.45, 7) is 1.94. The molecule has 0 heterocycles. The van der Waals surface area contributed by atoms with Crippen molar-refractivity contribution in [2.75, 3.05) is 14.2 Å². The van der Waals surface area contributed by atoms with E-state index in [-0.39, 0.29) is 18.2 Å². The average Bonchev–Trinajstić information content (AvgIpc) is 3.62. The molecule has 1 aliphatic carbocycles. The fraction of sp³-hybridized carbons (Fsp3) is 0.292. The number of hydrogen-bond acceptors (Lipinski definition) is 5. The lowest BCUT2D eigenvalue weighted by atomic mass is 10.0. The third kappa shape index (κ3) is 6.09. The topological polar surface area (TPSA) is 72.3 Å². The van der Waals surface area contributed by atoms with E-state index < -0.39 is 0 Å². The highest BCUT2D eigenvalue weighted by Crippen LogP contribution is 2.42. The van der Waals surface area contributed by atoms with Crippen LogP contribution in [0.4, 0.5) is 0 Å². The highest BCUT2D eigenvalue weighted by atomic mass is 35.5. The molecule has 2 aromatic carbocycles. The van der Waals surface area contributed by atoms with Crippen LogP contribution in [0.5, 0.6) is 0 Å². The lowest BCUT2D eigenvalue weighted by Crippen LogP contribution is -2.29. The Labute approximate surface area is 187 Å². The van der Waals surface area contributed by atoms with Gasteiger partial charge in [-0.15, -0.1) is 0 Å². The van der Waals surface area contributed by atoms with Crippen LogP contribution < -0.4 is 5.32 Å². The smallest absolute Gasteiger partial charge is 0.273 e. The standard InChI is InChI=1S/C24H24ClN3O3/c1-16(8-9-17-12-13-20(25)14-22(17)18-10-11-18)27-31-15-19-6-4-5-7-21(19)23(28-30-3)24(29)26-2/h4-7,12-14,18H,10-11,15H2,1-3H3,(H,26,29)/b27-16+,28-23+. The Kier molecular flexibility index (Phi) is 7.69. The molecule has 0 atom stereocenters. The molecule has 7 heteroatoms. The molecular weight excluding hydrogens is 414 g/mol. The van der Waals surface area contributed by atoms with Gasteiger partial charge in [0.05, 0.1) is 0 Å². The zero-order chi connectivity index (χ0) is 22.2. The minimum atomic E-state index is -0.353. The third-order valence-electron chi connectivity index (χ3n) is 4.73. The van der Waals surface area contributed by atoms with Crippen LogP contribution in [0.25, 0.3) is 0 Å². The van der Waals surface area contributed by atoms with Gasteiger partial charge in [-0.2, -0.15) is 0 Å². The molecule has 0 saturated heterocycles. The summed E-state index contributed by atoms with van der Waals surface area (Å²) in [5, 5.41) is 11.2. The molecule has 0 spiro atoms. The van der Waals surface area contributed by atoms with Crippen molar-refractivity contribution < 1.29 is 14.5 Å². The van der Waals surface area contributed by atoms with Crippen molar-refractivity contribution in [3.05, 3.63) is 69.7 Å². The molecule has 2 aromatic rings. The van der Waals surface area contributed by atoms with Gasteiger partial charge in [0.2, 0.25) is 0 Å². The quantitative estimate of drug-likeness (QED) is 0.399. The van der Waals surface area contributed by atoms with Crippen LogP contribution in [-0.4, -0.2) is 31.5 Å². The zero-order valence-electron chi connectivity index (χ0n) is 17.7. The predicted octanol–water partition coefficient (Wildman–Crippen LogP) is 4.26. The van der Waals surface area contributed by atoms with Crippen LogP contribution >= 0.6 is 11.6 Å². The van der Waals surface area contributed by atoms with Crippen LogP contribution in [0, 0.1) is 11.8 Å². The van der Waals surface area contributed by atoms with Crippen molar-refractivity contribution in [3.8, 4) is 11.8 Å². The number of amides is 1. The normalized spacial score (nSPS) is 13.8. The second-order valence-corrected chi connectivity index (χ2v) is 7.50. The molecule has 1 amide bonds. The highest BCUT2D eigenvalue weighted by Gasteiger charge is 2.25. The zero-order valence-corrected chi connectivity index (χ0v) is 18.5. The summed E-state index contributed by atoms with van der Waals surface area (Å²) in [6, 6.07) is 13.1. The Hall–Kier alpha value is -3.30. The van der Waals surface area contributed by atoms with Gasteiger partial charge in [-0.3, -0.25) is 4.79 Å². The molecule has 1 saturated carbocycles. The Balaban J connectivity index is 1.72. The van der Waals surface area contributed by atoms with Crippen LogP contribution in [0.1, 0.15) is 47.9 Å². The van der Waals surface area contributed by atoms with Crippen molar-refractivity contribution >= 4 is 28.9 Å². The first-order valence-corrected chi connectivity index (χ1v) is 10.3. The van der Waals surface area contributed by atoms with Crippen LogP contribution in [0.2, 0.25) is 5.02 Å². The van der Waals surface area contributed by atoms with Crippen molar-refractivity contribution in [1.29, 1.82) is 0 Å². The van der Waals surface area contributed by atoms with Gasteiger partial charge in [0.25, 0.3) is 5.91 Å². The van der Waals surface area contributed by atoms with Crippen molar-refractivity contribution in [1.82, 2.24) is 5.32 Å². The van der Waals surface area contributed by atoms with Crippen molar-refractivity contribution in [2.24, 2.45) is 10.3 Å². The van der Waals surface area contributed by atoms with Gasteiger partial charge in [-0.25, -0.2) is 0 Å². The molecule has 0 aliphatic heterocycles. The molecular formula is C24H24ClN3O3. The maximum Gasteiger partial charge on any atom is 0.273 e. The fourth-order valence-electron chi connectivity index (χ4n) is 3.06. The molecule has 0 radical (unpaired) electrons. The highest BCUT2D eigenvalue weighted by molar-refractivity contribution is 6.45. The van der Waals surface area contributed by atoms with Crippen LogP contribution in [0.15, 0.2) is 52.8 Å². The van der Waals surface area contributed by atoms with E-state index in [1.54, 1.807) is 13.0 Å². The molecule has 3 rings (SSSR count). The summed E-state index contributed by atoms with van der Waals surface area (Å²) in [4.78, 5) is 22.5. The second-order valence-electron chi connectivity index (χ2n) is 7.06. The lowest BCUT2D eigenvalue weighted by molar-refractivity contribution is -0.114. The summed E-state index contributed by atoms with van der Waals surface area (Å²) >= 11 is 6.13. The molecule has 0 bridgehead atoms. The summed E-state index contributed by atoms with van der Waals surface area (Å²) in [5.41, 5.74) is 4.24. The van der Waals surface area contributed by atoms with Gasteiger partial charge in [0.1, 0.15) is 19.4 Å². The number of carbonyl (C=O) groups excluding carboxylic acids is 1. The number of likely N-dealkylation sites (N-methyl/N-ethyl adjacent to an activating group) is 1. The first kappa shape index (κ1) is 22.4. The fourth-order valence-corrected chi connectivity index (χ4v) is 3.24. The van der Waals surface area contributed by atoms with Gasteiger partial charge in [-0.1, -0.05) is 52.1 Å². The van der Waals surface area contributed by atoms with Crippen molar-refractivity contribution in [3.63, 3.8) is 0 Å². The summed E-state index contributed by atoms with van der Waals surface area (Å²) in [6.07, 6.45) is 2.35. The number of nitrogens with zero attached hydrogens (tertiary/aromatic N) is 2. The Bertz CT molecular complexity index is 1080. The largest absolute Gasteiger partial charge is 0.398 e. The molecule has 1 N–H and O–H groups in total. The van der Waals surface area contributed by atoms with E-state index in [1.807, 2.05) is 36.4 Å². The number of carbonyl (C=O) groups is 1. The molecule has 1 aliphatic rings. The summed E-state index contributed by atoms with van der Waals surface area (Å²) in [7, 11) is 2.93. The van der Waals surface area contributed by atoms with E-state index in [2.05, 4.69) is 27.5 Å². The minimum absolute atomic E-state index is 0.156. The number of rotatable bonds is 7. The molecule has 160 valence electrons. The predicted molar refractivity (Wildman–Crippen MR) is 122 cm³/mol. The Morgan fingerprint density at radius 3 is 2.71 bits per heavy atom. The number of nitrogens with one attached hydrogen (secondary N) is 1. The maximum atomic E-state index is 12.1.